The lowest BCUT2D eigenvalue weighted by Crippen LogP contribution is -1.99. The van der Waals surface area contributed by atoms with Gasteiger partial charge in [0.25, 0.3) is 0 Å². The second-order valence-corrected chi connectivity index (χ2v) is 9.15. The van der Waals surface area contributed by atoms with Gasteiger partial charge in [-0.2, -0.15) is 0 Å². The molecule has 0 amide bonds. The van der Waals surface area contributed by atoms with Gasteiger partial charge in [-0.1, -0.05) is 36.4 Å². The average molecular weight is 314 g/mol. The first-order valence-corrected chi connectivity index (χ1v) is 9.42. The lowest BCUT2D eigenvalue weighted by atomic mass is 10.3. The predicted octanol–water partition coefficient (Wildman–Crippen LogP) is 3.43. The number of benzene rings is 2. The van der Waals surface area contributed by atoms with Gasteiger partial charge in [0.15, 0.2) is 0 Å². The summed E-state index contributed by atoms with van der Waals surface area (Å²) in [6.45, 7) is 0. The molecule has 0 bridgehead atoms. The van der Waals surface area contributed by atoms with Gasteiger partial charge in [0.05, 0.1) is 0 Å². The van der Waals surface area contributed by atoms with Crippen molar-refractivity contribution in [3.05, 3.63) is 60.7 Å². The van der Waals surface area contributed by atoms with Crippen molar-refractivity contribution in [1.29, 1.82) is 0 Å². The summed E-state index contributed by atoms with van der Waals surface area (Å²) in [6, 6.07) is 15.2. The third-order valence-electron chi connectivity index (χ3n) is 2.25. The maximum absolute atomic E-state index is 11.9. The average Bonchev–Trinajstić information content (AvgIpc) is 2.40. The zero-order chi connectivity index (χ0) is 14.6. The maximum atomic E-state index is 11.9. The molecule has 0 aliphatic rings. The van der Waals surface area contributed by atoms with Gasteiger partial charge in [-0.15, -0.1) is 0 Å². The third kappa shape index (κ3) is 3.50. The Hall–Kier alpha value is -1.58. The molecule has 2 aromatic rings. The number of para-hydroxylation sites is 2. The molecule has 2 unspecified atom stereocenters. The summed E-state index contributed by atoms with van der Waals surface area (Å²) < 4.78 is 33.2. The van der Waals surface area contributed by atoms with Crippen LogP contribution in [0.15, 0.2) is 60.7 Å². The lowest BCUT2D eigenvalue weighted by molar-refractivity contribution is 0.348. The fraction of sp³-hybridized carbons (Fsp3) is 0. The minimum Gasteiger partial charge on any atom is -0.416 e. The van der Waals surface area contributed by atoms with E-state index in [1.165, 1.54) is 24.3 Å². The maximum Gasteiger partial charge on any atom is 0.499 e. The first-order valence-electron chi connectivity index (χ1n) is 5.56. The molecule has 8 heteroatoms. The molecule has 0 heterocycles. The minimum atomic E-state index is -4.89. The fourth-order valence-corrected chi connectivity index (χ4v) is 3.52. The van der Waals surface area contributed by atoms with Gasteiger partial charge in [0, 0.05) is 0 Å². The van der Waals surface area contributed by atoms with E-state index in [0.717, 1.165) is 0 Å². The molecule has 0 aliphatic heterocycles. The molecule has 0 aliphatic carbocycles. The van der Waals surface area contributed by atoms with Crippen molar-refractivity contribution in [2.24, 2.45) is 0 Å². The molecule has 0 saturated heterocycles. The monoisotopic (exact) mass is 314 g/mol. The molecule has 2 aromatic carbocycles. The summed E-state index contributed by atoms with van der Waals surface area (Å²) >= 11 is 0. The highest BCUT2D eigenvalue weighted by Crippen LogP contribution is 2.76. The second-order valence-electron chi connectivity index (χ2n) is 3.79. The van der Waals surface area contributed by atoms with Crippen LogP contribution in [0.2, 0.25) is 0 Å². The molecule has 6 nitrogen and oxygen atoms in total. The molecule has 0 saturated carbocycles. The highest BCUT2D eigenvalue weighted by atomic mass is 32.1. The van der Waals surface area contributed by atoms with Crippen LogP contribution in [0.1, 0.15) is 0 Å². The van der Waals surface area contributed by atoms with E-state index in [4.69, 9.17) is 9.05 Å². The Labute approximate surface area is 115 Å². The van der Waals surface area contributed by atoms with E-state index in [1.54, 1.807) is 36.4 Å². The first kappa shape index (κ1) is 14.8. The Bertz CT molecular complexity index is 599. The zero-order valence-electron chi connectivity index (χ0n) is 10.2. The van der Waals surface area contributed by atoms with Gasteiger partial charge in [-0.05, 0) is 24.3 Å². The van der Waals surface area contributed by atoms with E-state index < -0.39 is 14.6 Å². The molecule has 0 radical (unpaired) electrons. The fourth-order valence-electron chi connectivity index (χ4n) is 1.34. The van der Waals surface area contributed by atoms with Crippen LogP contribution in [0, 0.1) is 0 Å². The quantitative estimate of drug-likeness (QED) is 0.821. The second kappa shape index (κ2) is 5.81. The van der Waals surface area contributed by atoms with Crippen molar-refractivity contribution >= 4 is 14.6 Å². The zero-order valence-corrected chi connectivity index (χ0v) is 12.0. The number of hydrogen-bond donors (Lipinski definition) is 2. The van der Waals surface area contributed by atoms with Crippen molar-refractivity contribution in [1.82, 2.24) is 0 Å². The summed E-state index contributed by atoms with van der Waals surface area (Å²) in [5.41, 5.74) is 0. The summed E-state index contributed by atoms with van der Waals surface area (Å²) in [6.07, 6.45) is 0. The molecular formula is C12H12O6P2. The summed E-state index contributed by atoms with van der Waals surface area (Å²) in [7, 11) is -9.79. The van der Waals surface area contributed by atoms with Crippen molar-refractivity contribution < 1.29 is 28.0 Å². The van der Waals surface area contributed by atoms with Gasteiger partial charge >= 0.3 is 14.6 Å². The van der Waals surface area contributed by atoms with E-state index in [0.29, 0.717) is 0 Å². The van der Waals surface area contributed by atoms with Gasteiger partial charge < -0.3 is 18.8 Å². The highest BCUT2D eigenvalue weighted by Gasteiger charge is 2.48. The smallest absolute Gasteiger partial charge is 0.416 e. The van der Waals surface area contributed by atoms with E-state index in [9.17, 15) is 18.9 Å². The van der Waals surface area contributed by atoms with Crippen LogP contribution in [0.3, 0.4) is 0 Å². The van der Waals surface area contributed by atoms with Gasteiger partial charge in [-0.3, -0.25) is 0 Å². The number of hydrogen-bond acceptors (Lipinski definition) is 4. The molecule has 2 rings (SSSR count). The summed E-state index contributed by atoms with van der Waals surface area (Å²) in [4.78, 5) is 19.3. The number of rotatable bonds is 5. The molecule has 0 spiro atoms. The Morgan fingerprint density at radius 2 is 0.950 bits per heavy atom. The van der Waals surface area contributed by atoms with Gasteiger partial charge in [0.2, 0.25) is 0 Å². The molecule has 2 atom stereocenters. The van der Waals surface area contributed by atoms with Gasteiger partial charge in [-0.25, -0.2) is 9.13 Å². The Kier molecular flexibility index (Phi) is 4.31. The van der Waals surface area contributed by atoms with Crippen LogP contribution in [-0.4, -0.2) is 9.79 Å². The molecule has 0 fully saturated rings. The Morgan fingerprint density at radius 1 is 0.650 bits per heavy atom. The highest BCUT2D eigenvalue weighted by molar-refractivity contribution is 8.27. The van der Waals surface area contributed by atoms with Crippen molar-refractivity contribution in [3.8, 4) is 11.5 Å². The summed E-state index contributed by atoms with van der Waals surface area (Å²) in [5.74, 6) is 0.00791. The van der Waals surface area contributed by atoms with Crippen molar-refractivity contribution in [2.75, 3.05) is 0 Å². The molecule has 106 valence electrons. The third-order valence-corrected chi connectivity index (χ3v) is 6.20. The molecule has 2 N–H and O–H groups in total. The van der Waals surface area contributed by atoms with E-state index in [1.807, 2.05) is 0 Å². The summed E-state index contributed by atoms with van der Waals surface area (Å²) in [5, 5.41) is 0. The minimum absolute atomic E-state index is 0.00395. The van der Waals surface area contributed by atoms with Crippen molar-refractivity contribution in [2.45, 2.75) is 0 Å². The normalized spacial score (nSPS) is 16.7. The van der Waals surface area contributed by atoms with Gasteiger partial charge in [0.1, 0.15) is 11.5 Å². The molecule has 20 heavy (non-hydrogen) atoms. The van der Waals surface area contributed by atoms with Crippen LogP contribution in [0.4, 0.5) is 0 Å². The van der Waals surface area contributed by atoms with Crippen LogP contribution < -0.4 is 9.05 Å². The molecule has 0 aromatic heterocycles. The largest absolute Gasteiger partial charge is 0.499 e. The lowest BCUT2D eigenvalue weighted by Gasteiger charge is -2.18. The first-order chi connectivity index (χ1) is 9.41. The standard InChI is InChI=1S/C12H12O6P2/c13-19(14,17-11-7-3-1-4-8-11)20(15,16)18-12-9-5-2-6-10-12/h1-10H,(H,13,14)(H,15,16). The predicted molar refractivity (Wildman–Crippen MR) is 73.8 cm³/mol. The van der Waals surface area contributed by atoms with E-state index in [-0.39, 0.29) is 11.5 Å². The SMILES string of the molecule is O=P(O)(Oc1ccccc1)P(=O)(O)Oc1ccccc1. The Morgan fingerprint density at radius 3 is 1.25 bits per heavy atom. The van der Waals surface area contributed by atoms with Crippen molar-refractivity contribution in [3.63, 3.8) is 0 Å². The van der Waals surface area contributed by atoms with E-state index >= 15 is 0 Å². The molecular weight excluding hydrogens is 302 g/mol. The van der Waals surface area contributed by atoms with E-state index in [2.05, 4.69) is 0 Å². The topological polar surface area (TPSA) is 93.1 Å². The Balaban J connectivity index is 2.19. The van der Waals surface area contributed by atoms with Crippen LogP contribution in [0.25, 0.3) is 0 Å². The van der Waals surface area contributed by atoms with Crippen LogP contribution in [-0.2, 0) is 9.13 Å². The van der Waals surface area contributed by atoms with Crippen LogP contribution in [0.5, 0.6) is 11.5 Å². The van der Waals surface area contributed by atoms with Crippen LogP contribution >= 0.6 is 14.6 Å².